The summed E-state index contributed by atoms with van der Waals surface area (Å²) in [5.41, 5.74) is 1.90. The maximum absolute atomic E-state index is 13.0. The summed E-state index contributed by atoms with van der Waals surface area (Å²) in [6.45, 7) is 7.35. The van der Waals surface area contributed by atoms with Crippen molar-refractivity contribution in [3.63, 3.8) is 0 Å². The molecule has 2 aromatic heterocycles. The first-order chi connectivity index (χ1) is 17.0. The van der Waals surface area contributed by atoms with Gasteiger partial charge in [-0.1, -0.05) is 6.58 Å². The summed E-state index contributed by atoms with van der Waals surface area (Å²) in [6, 6.07) is 3.07. The van der Waals surface area contributed by atoms with Crippen molar-refractivity contribution in [1.29, 1.82) is 5.26 Å². The average Bonchev–Trinajstić information content (AvgIpc) is 3.62. The van der Waals surface area contributed by atoms with Gasteiger partial charge in [0.2, 0.25) is 11.7 Å². The highest BCUT2D eigenvalue weighted by Crippen LogP contribution is 2.43. The van der Waals surface area contributed by atoms with Crippen LogP contribution in [0.25, 0.3) is 11.1 Å². The highest BCUT2D eigenvalue weighted by molar-refractivity contribution is 7.86. The molecule has 1 amide bonds. The van der Waals surface area contributed by atoms with Gasteiger partial charge in [0.25, 0.3) is 0 Å². The van der Waals surface area contributed by atoms with Crippen molar-refractivity contribution >= 4 is 16.9 Å². The first kappa shape index (κ1) is 25.9. The molecule has 1 saturated carbocycles. The number of carbonyl (C=O) groups is 1. The van der Waals surface area contributed by atoms with Crippen LogP contribution in [0.3, 0.4) is 0 Å². The van der Waals surface area contributed by atoms with Crippen LogP contribution in [0.4, 0.5) is 13.2 Å². The van der Waals surface area contributed by atoms with Crippen LogP contribution in [-0.2, 0) is 28.5 Å². The molecule has 1 saturated heterocycles. The Hall–Kier alpha value is -3.17. The normalized spacial score (nSPS) is 21.1. The number of carbonyl (C=O) groups excluding carboxylic acids is 1. The molecule has 0 spiro atoms. The van der Waals surface area contributed by atoms with Crippen molar-refractivity contribution in [2.75, 3.05) is 0 Å². The fraction of sp³-hybridized carbons (Fsp3) is 0.458. The minimum absolute atomic E-state index is 0.0389. The Morgan fingerprint density at radius 2 is 1.94 bits per heavy atom. The van der Waals surface area contributed by atoms with Crippen molar-refractivity contribution in [3.8, 4) is 17.2 Å². The van der Waals surface area contributed by atoms with E-state index in [0.717, 1.165) is 31.7 Å². The van der Waals surface area contributed by atoms with E-state index in [2.05, 4.69) is 32.9 Å². The molecular formula is C24H25F3N6O2S. The lowest BCUT2D eigenvalue weighted by atomic mass is 9.98. The zero-order valence-electron chi connectivity index (χ0n) is 19.8. The first-order valence-corrected chi connectivity index (χ1v) is 12.6. The van der Waals surface area contributed by atoms with E-state index in [1.807, 2.05) is 6.92 Å². The Labute approximate surface area is 209 Å². The molecule has 3 unspecified atom stereocenters. The summed E-state index contributed by atoms with van der Waals surface area (Å²) in [5.74, 6) is -1.49. The van der Waals surface area contributed by atoms with E-state index < -0.39 is 29.0 Å². The molecule has 8 nitrogen and oxygen atoms in total. The molecule has 3 atom stereocenters. The van der Waals surface area contributed by atoms with Crippen LogP contribution in [-0.4, -0.2) is 41.5 Å². The highest BCUT2D eigenvalue weighted by atomic mass is 32.2. The highest BCUT2D eigenvalue weighted by Gasteiger charge is 2.39. The number of hydrogen-bond donors (Lipinski definition) is 1. The predicted molar refractivity (Wildman–Crippen MR) is 126 cm³/mol. The lowest BCUT2D eigenvalue weighted by molar-refractivity contribution is -0.145. The minimum atomic E-state index is -4.68. The standard InChI is InChI=1S/C24H25F3N6O2S/c1-13(2)36(35)33-14(3)4-7-20(33)22(34)29-12-17-8-18(19(9-28)21(32-17)15-5-6-15)16-10-30-23(31-11-16)24(25,26)27/h8,10-11,14-15,20H,1,4-7,12H2,2-3H3,(H,29,34). The van der Waals surface area contributed by atoms with Crippen LogP contribution < -0.4 is 5.32 Å². The number of alkyl halides is 3. The number of nitriles is 1. The molecule has 190 valence electrons. The molecule has 12 heteroatoms. The van der Waals surface area contributed by atoms with E-state index in [1.165, 1.54) is 0 Å². The zero-order valence-corrected chi connectivity index (χ0v) is 20.6. The van der Waals surface area contributed by atoms with Crippen molar-refractivity contribution in [1.82, 2.24) is 24.6 Å². The second-order valence-electron chi connectivity index (χ2n) is 9.07. The molecule has 0 aromatic carbocycles. The second kappa shape index (κ2) is 10.1. The lowest BCUT2D eigenvalue weighted by Crippen LogP contribution is -2.46. The number of allylic oxidation sites excluding steroid dienone is 1. The third-order valence-electron chi connectivity index (χ3n) is 6.23. The molecule has 1 aliphatic carbocycles. The van der Waals surface area contributed by atoms with Gasteiger partial charge in [-0.2, -0.15) is 18.4 Å². The quantitative estimate of drug-likeness (QED) is 0.594. The van der Waals surface area contributed by atoms with Gasteiger partial charge in [0, 0.05) is 40.4 Å². The second-order valence-corrected chi connectivity index (χ2v) is 10.7. The summed E-state index contributed by atoms with van der Waals surface area (Å²) in [7, 11) is -1.49. The third-order valence-corrected chi connectivity index (χ3v) is 7.82. The number of halogens is 3. The van der Waals surface area contributed by atoms with E-state index in [0.29, 0.717) is 28.3 Å². The van der Waals surface area contributed by atoms with Gasteiger partial charge in [-0.05, 0) is 45.6 Å². The molecule has 2 aliphatic rings. The van der Waals surface area contributed by atoms with Gasteiger partial charge in [-0.15, -0.1) is 0 Å². The smallest absolute Gasteiger partial charge is 0.349 e. The van der Waals surface area contributed by atoms with Gasteiger partial charge < -0.3 is 5.32 Å². The number of rotatable bonds is 7. The Kier molecular flexibility index (Phi) is 7.24. The monoisotopic (exact) mass is 518 g/mol. The molecule has 2 aromatic rings. The van der Waals surface area contributed by atoms with E-state index >= 15 is 0 Å². The first-order valence-electron chi connectivity index (χ1n) is 11.5. The van der Waals surface area contributed by atoms with E-state index in [9.17, 15) is 27.4 Å². The molecule has 2 fully saturated rings. The zero-order chi connectivity index (χ0) is 26.2. The number of hydrogen-bond acceptors (Lipinski definition) is 6. The predicted octanol–water partition coefficient (Wildman–Crippen LogP) is 3.97. The summed E-state index contributed by atoms with van der Waals surface area (Å²) < 4.78 is 53.0. The molecule has 1 aliphatic heterocycles. The van der Waals surface area contributed by atoms with Crippen molar-refractivity contribution in [2.24, 2.45) is 0 Å². The van der Waals surface area contributed by atoms with E-state index in [1.54, 1.807) is 17.3 Å². The Morgan fingerprint density at radius 1 is 1.28 bits per heavy atom. The summed E-state index contributed by atoms with van der Waals surface area (Å²) in [5, 5.41) is 12.6. The Bertz CT molecular complexity index is 1250. The number of nitrogens with zero attached hydrogens (tertiary/aromatic N) is 5. The van der Waals surface area contributed by atoms with Gasteiger partial charge in [-0.25, -0.2) is 18.5 Å². The molecule has 4 rings (SSSR count). The largest absolute Gasteiger partial charge is 0.451 e. The van der Waals surface area contributed by atoms with Crippen LogP contribution in [0.15, 0.2) is 29.9 Å². The summed E-state index contributed by atoms with van der Waals surface area (Å²) >= 11 is 0. The molecule has 1 N–H and O–H groups in total. The van der Waals surface area contributed by atoms with Gasteiger partial charge in [-0.3, -0.25) is 9.78 Å². The van der Waals surface area contributed by atoms with Crippen LogP contribution in [0.5, 0.6) is 0 Å². The van der Waals surface area contributed by atoms with Gasteiger partial charge in [0.05, 0.1) is 23.5 Å². The van der Waals surface area contributed by atoms with Gasteiger partial charge in [0.15, 0.2) is 0 Å². The van der Waals surface area contributed by atoms with Crippen LogP contribution in [0, 0.1) is 11.3 Å². The molecule has 0 radical (unpaired) electrons. The molecule has 3 heterocycles. The minimum Gasteiger partial charge on any atom is -0.349 e. The van der Waals surface area contributed by atoms with Gasteiger partial charge in [0.1, 0.15) is 23.1 Å². The Balaban J connectivity index is 1.60. The third kappa shape index (κ3) is 5.32. The molecule has 0 bridgehead atoms. The summed E-state index contributed by atoms with van der Waals surface area (Å²) in [6.07, 6.45) is 0.364. The number of amides is 1. The summed E-state index contributed by atoms with van der Waals surface area (Å²) in [4.78, 5) is 24.9. The van der Waals surface area contributed by atoms with Crippen LogP contribution >= 0.6 is 0 Å². The average molecular weight is 519 g/mol. The van der Waals surface area contributed by atoms with Crippen molar-refractivity contribution in [3.05, 3.63) is 52.7 Å². The fourth-order valence-corrected chi connectivity index (χ4v) is 5.51. The molecule has 36 heavy (non-hydrogen) atoms. The molecular weight excluding hydrogens is 493 g/mol. The maximum atomic E-state index is 13.0. The fourth-order valence-electron chi connectivity index (χ4n) is 4.28. The SMILES string of the molecule is C=C(C)S(=O)N1C(C)CCC1C(=O)NCc1cc(-c2cnc(C(F)(F)F)nc2)c(C#N)c(C2CC2)n1. The lowest BCUT2D eigenvalue weighted by Gasteiger charge is -2.26. The van der Waals surface area contributed by atoms with E-state index in [-0.39, 0.29) is 35.5 Å². The number of pyridine rings is 1. The number of aromatic nitrogens is 3. The number of nitrogens with one attached hydrogen (secondary N) is 1. The van der Waals surface area contributed by atoms with Gasteiger partial charge >= 0.3 is 6.18 Å². The van der Waals surface area contributed by atoms with Crippen molar-refractivity contribution < 1.29 is 22.2 Å². The Morgan fingerprint density at radius 3 is 2.50 bits per heavy atom. The van der Waals surface area contributed by atoms with Crippen molar-refractivity contribution in [2.45, 2.75) is 70.3 Å². The van der Waals surface area contributed by atoms with Crippen LogP contribution in [0.2, 0.25) is 0 Å². The van der Waals surface area contributed by atoms with E-state index in [4.69, 9.17) is 0 Å². The van der Waals surface area contributed by atoms with Crippen LogP contribution in [0.1, 0.15) is 68.2 Å². The topological polar surface area (TPSA) is 112 Å². The maximum Gasteiger partial charge on any atom is 0.451 e.